The number of carbonyl (C=O) groups is 1. The molecule has 0 aliphatic carbocycles. The number of nitrogens with zero attached hydrogens (tertiary/aromatic N) is 1. The molecule has 0 bridgehead atoms. The summed E-state index contributed by atoms with van der Waals surface area (Å²) in [5.41, 5.74) is 0.271. The molecule has 1 fully saturated rings. The van der Waals surface area contributed by atoms with Gasteiger partial charge in [-0.15, -0.1) is 0 Å². The zero-order valence-electron chi connectivity index (χ0n) is 11.6. The minimum atomic E-state index is -0.410. The van der Waals surface area contributed by atoms with Gasteiger partial charge in [0.25, 0.3) is 0 Å². The Balaban J connectivity index is 2.12. The molecule has 2 nitrogen and oxygen atoms in total. The average Bonchev–Trinajstić information content (AvgIpc) is 2.46. The Bertz CT molecular complexity index is 495. The normalized spacial score (nSPS) is 19.6. The minimum Gasteiger partial charge on any atom is -0.336 e. The molecule has 2 rings (SSSR count). The predicted molar refractivity (Wildman–Crippen MR) is 80.1 cm³/mol. The number of hydrogen-bond acceptors (Lipinski definition) is 1. The van der Waals surface area contributed by atoms with Crippen molar-refractivity contribution in [1.29, 1.82) is 0 Å². The van der Waals surface area contributed by atoms with Crippen LogP contribution >= 0.6 is 11.6 Å². The summed E-state index contributed by atoms with van der Waals surface area (Å²) in [6.07, 6.45) is 7.12. The maximum atomic E-state index is 13.6. The fraction of sp³-hybridized carbons (Fsp3) is 0.438. The van der Waals surface area contributed by atoms with Gasteiger partial charge in [-0.3, -0.25) is 4.79 Å². The van der Waals surface area contributed by atoms with Crippen LogP contribution in [0.3, 0.4) is 0 Å². The van der Waals surface area contributed by atoms with E-state index in [-0.39, 0.29) is 11.5 Å². The van der Waals surface area contributed by atoms with Gasteiger partial charge < -0.3 is 4.90 Å². The summed E-state index contributed by atoms with van der Waals surface area (Å²) in [5.74, 6) is -0.469. The molecule has 1 aliphatic heterocycles. The maximum absolute atomic E-state index is 13.6. The molecule has 0 N–H and O–H groups in total. The van der Waals surface area contributed by atoms with E-state index in [9.17, 15) is 9.18 Å². The molecule has 1 atom stereocenters. The van der Waals surface area contributed by atoms with Crippen LogP contribution in [0.1, 0.15) is 38.2 Å². The molecule has 20 heavy (non-hydrogen) atoms. The summed E-state index contributed by atoms with van der Waals surface area (Å²) in [6, 6.07) is 4.81. The zero-order chi connectivity index (χ0) is 14.5. The molecule has 0 aromatic heterocycles. The van der Waals surface area contributed by atoms with Crippen molar-refractivity contribution in [3.63, 3.8) is 0 Å². The molecule has 1 aliphatic rings. The molecule has 1 unspecified atom stereocenters. The Morgan fingerprint density at radius 2 is 2.30 bits per heavy atom. The van der Waals surface area contributed by atoms with Gasteiger partial charge in [-0.2, -0.15) is 0 Å². The Morgan fingerprint density at radius 3 is 3.00 bits per heavy atom. The van der Waals surface area contributed by atoms with Crippen molar-refractivity contribution in [2.75, 3.05) is 6.54 Å². The Labute approximate surface area is 124 Å². The first kappa shape index (κ1) is 15.0. The van der Waals surface area contributed by atoms with Crippen LogP contribution in [0.5, 0.6) is 0 Å². The van der Waals surface area contributed by atoms with E-state index in [4.69, 9.17) is 11.6 Å². The Hall–Kier alpha value is -1.35. The Kier molecular flexibility index (Phi) is 5.18. The standard InChI is InChI=1S/C16H19ClFNO/c1-2-12-6-3-4-11-19(12)16(20)10-9-13-14(17)7-5-8-15(13)18/h5,7-10,12H,2-4,6,11H2,1H3/b10-9+. The fourth-order valence-electron chi connectivity index (χ4n) is 2.64. The highest BCUT2D eigenvalue weighted by Gasteiger charge is 2.23. The lowest BCUT2D eigenvalue weighted by atomic mass is 10.00. The number of rotatable bonds is 3. The second-order valence-electron chi connectivity index (χ2n) is 5.06. The lowest BCUT2D eigenvalue weighted by Gasteiger charge is -2.34. The molecule has 1 heterocycles. The molecule has 0 radical (unpaired) electrons. The minimum absolute atomic E-state index is 0.0594. The van der Waals surface area contributed by atoms with E-state index in [0.29, 0.717) is 11.1 Å². The van der Waals surface area contributed by atoms with Crippen molar-refractivity contribution >= 4 is 23.6 Å². The van der Waals surface area contributed by atoms with E-state index in [1.807, 2.05) is 4.90 Å². The van der Waals surface area contributed by atoms with Crippen molar-refractivity contribution in [3.8, 4) is 0 Å². The summed E-state index contributed by atoms with van der Waals surface area (Å²) in [4.78, 5) is 14.1. The second-order valence-corrected chi connectivity index (χ2v) is 5.47. The summed E-state index contributed by atoms with van der Waals surface area (Å²) < 4.78 is 13.6. The summed E-state index contributed by atoms with van der Waals surface area (Å²) >= 11 is 5.94. The molecular formula is C16H19ClFNO. The number of halogens is 2. The van der Waals surface area contributed by atoms with Gasteiger partial charge in [0.2, 0.25) is 5.91 Å². The van der Waals surface area contributed by atoms with Crippen molar-refractivity contribution in [2.45, 2.75) is 38.6 Å². The van der Waals surface area contributed by atoms with Crippen molar-refractivity contribution in [3.05, 3.63) is 40.7 Å². The van der Waals surface area contributed by atoms with E-state index < -0.39 is 5.82 Å². The molecule has 4 heteroatoms. The van der Waals surface area contributed by atoms with Gasteiger partial charge in [0.15, 0.2) is 0 Å². The third kappa shape index (κ3) is 3.40. The lowest BCUT2D eigenvalue weighted by molar-refractivity contribution is -0.129. The Morgan fingerprint density at radius 1 is 1.50 bits per heavy atom. The topological polar surface area (TPSA) is 20.3 Å². The van der Waals surface area contributed by atoms with Gasteiger partial charge in [-0.1, -0.05) is 24.6 Å². The summed E-state index contributed by atoms with van der Waals surface area (Å²) in [6.45, 7) is 2.88. The fourth-order valence-corrected chi connectivity index (χ4v) is 2.86. The van der Waals surface area contributed by atoms with Gasteiger partial charge in [0.1, 0.15) is 5.82 Å². The number of piperidine rings is 1. The molecular weight excluding hydrogens is 277 g/mol. The van der Waals surface area contributed by atoms with Gasteiger partial charge in [-0.25, -0.2) is 4.39 Å². The molecule has 1 aromatic rings. The number of hydrogen-bond donors (Lipinski definition) is 0. The first-order valence-corrected chi connectivity index (χ1v) is 7.44. The van der Waals surface area contributed by atoms with Crippen LogP contribution in [0.2, 0.25) is 5.02 Å². The van der Waals surface area contributed by atoms with E-state index in [1.165, 1.54) is 24.6 Å². The lowest BCUT2D eigenvalue weighted by Crippen LogP contribution is -2.42. The van der Waals surface area contributed by atoms with Crippen LogP contribution in [0, 0.1) is 5.82 Å². The van der Waals surface area contributed by atoms with Crippen LogP contribution < -0.4 is 0 Å². The van der Waals surface area contributed by atoms with Crippen molar-refractivity contribution in [1.82, 2.24) is 4.90 Å². The molecule has 0 saturated carbocycles. The van der Waals surface area contributed by atoms with Gasteiger partial charge >= 0.3 is 0 Å². The van der Waals surface area contributed by atoms with Crippen molar-refractivity contribution < 1.29 is 9.18 Å². The monoisotopic (exact) mass is 295 g/mol. The summed E-state index contributed by atoms with van der Waals surface area (Å²) in [7, 11) is 0. The predicted octanol–water partition coefficient (Wildman–Crippen LogP) is 4.28. The first-order valence-electron chi connectivity index (χ1n) is 7.06. The second kappa shape index (κ2) is 6.89. The number of amides is 1. The van der Waals surface area contributed by atoms with Crippen LogP contribution in [0.4, 0.5) is 4.39 Å². The van der Waals surface area contributed by atoms with Crippen molar-refractivity contribution in [2.24, 2.45) is 0 Å². The third-order valence-corrected chi connectivity index (χ3v) is 4.10. The molecule has 1 saturated heterocycles. The van der Waals surface area contributed by atoms with Gasteiger partial charge in [0, 0.05) is 24.2 Å². The van der Waals surface area contributed by atoms with Gasteiger partial charge in [-0.05, 0) is 43.9 Å². The van der Waals surface area contributed by atoms with E-state index in [2.05, 4.69) is 6.92 Å². The van der Waals surface area contributed by atoms with Crippen LogP contribution in [-0.4, -0.2) is 23.4 Å². The van der Waals surface area contributed by atoms with E-state index in [0.717, 1.165) is 25.8 Å². The molecule has 1 amide bonds. The van der Waals surface area contributed by atoms with E-state index in [1.54, 1.807) is 12.1 Å². The highest BCUT2D eigenvalue weighted by molar-refractivity contribution is 6.32. The first-order chi connectivity index (χ1) is 9.63. The SMILES string of the molecule is CCC1CCCCN1C(=O)/C=C/c1c(F)cccc1Cl. The number of benzene rings is 1. The smallest absolute Gasteiger partial charge is 0.246 e. The molecule has 0 spiro atoms. The van der Waals surface area contributed by atoms with Gasteiger partial charge in [0.05, 0.1) is 5.02 Å². The van der Waals surface area contributed by atoms with Crippen LogP contribution in [0.25, 0.3) is 6.08 Å². The van der Waals surface area contributed by atoms with Crippen LogP contribution in [-0.2, 0) is 4.79 Å². The average molecular weight is 296 g/mol. The number of carbonyl (C=O) groups excluding carboxylic acids is 1. The maximum Gasteiger partial charge on any atom is 0.246 e. The zero-order valence-corrected chi connectivity index (χ0v) is 12.4. The largest absolute Gasteiger partial charge is 0.336 e. The van der Waals surface area contributed by atoms with Crippen LogP contribution in [0.15, 0.2) is 24.3 Å². The highest BCUT2D eigenvalue weighted by Crippen LogP contribution is 2.22. The number of likely N-dealkylation sites (tertiary alicyclic amines) is 1. The molecule has 108 valence electrons. The third-order valence-electron chi connectivity index (χ3n) is 3.77. The van der Waals surface area contributed by atoms with E-state index >= 15 is 0 Å². The highest BCUT2D eigenvalue weighted by atomic mass is 35.5. The molecule has 1 aromatic carbocycles. The quantitative estimate of drug-likeness (QED) is 0.762. The summed E-state index contributed by atoms with van der Waals surface area (Å²) in [5, 5.41) is 0.319.